The zero-order valence-electron chi connectivity index (χ0n) is 17.3. The fourth-order valence-electron chi connectivity index (χ4n) is 5.30. The van der Waals surface area contributed by atoms with E-state index in [2.05, 4.69) is 69.3 Å². The third kappa shape index (κ3) is 3.50. The molecule has 2 aliphatic carbocycles. The van der Waals surface area contributed by atoms with Crippen molar-refractivity contribution in [3.8, 4) is 0 Å². The maximum Gasteiger partial charge on any atom is 0.310 e. The van der Waals surface area contributed by atoms with Gasteiger partial charge in [0.05, 0.1) is 5.92 Å². The van der Waals surface area contributed by atoms with Crippen LogP contribution in [-0.2, 0) is 14.9 Å². The number of carbonyl (C=O) groups is 1. The van der Waals surface area contributed by atoms with Gasteiger partial charge in [-0.15, -0.1) is 0 Å². The summed E-state index contributed by atoms with van der Waals surface area (Å²) < 4.78 is 6.22. The molecule has 0 radical (unpaired) electrons. The van der Waals surface area contributed by atoms with Gasteiger partial charge in [0.25, 0.3) is 0 Å². The first kappa shape index (κ1) is 19.2. The summed E-state index contributed by atoms with van der Waals surface area (Å²) >= 11 is 0. The molecule has 2 nitrogen and oxygen atoms in total. The molecule has 2 aliphatic rings. The fraction of sp³-hybridized carbons (Fsp3) is 0.500. The molecule has 0 aliphatic heterocycles. The van der Waals surface area contributed by atoms with E-state index in [4.69, 9.17) is 4.74 Å². The topological polar surface area (TPSA) is 26.3 Å². The second kappa shape index (κ2) is 7.73. The first-order valence-corrected chi connectivity index (χ1v) is 10.8. The van der Waals surface area contributed by atoms with Crippen molar-refractivity contribution >= 4 is 5.97 Å². The average Bonchev–Trinajstić information content (AvgIpc) is 3.46. The third-order valence-corrected chi connectivity index (χ3v) is 7.05. The van der Waals surface area contributed by atoms with Crippen LogP contribution in [0, 0.1) is 23.7 Å². The molecule has 0 unspecified atom stereocenters. The van der Waals surface area contributed by atoms with E-state index in [1.807, 2.05) is 12.1 Å². The lowest BCUT2D eigenvalue weighted by atomic mass is 9.75. The van der Waals surface area contributed by atoms with Crippen molar-refractivity contribution in [3.05, 3.63) is 71.8 Å². The van der Waals surface area contributed by atoms with E-state index in [0.29, 0.717) is 17.8 Å². The van der Waals surface area contributed by atoms with Gasteiger partial charge in [-0.3, -0.25) is 4.79 Å². The summed E-state index contributed by atoms with van der Waals surface area (Å²) in [6.45, 7) is 6.81. The van der Waals surface area contributed by atoms with Crippen molar-refractivity contribution in [2.75, 3.05) is 0 Å². The number of carbonyl (C=O) groups excluding carboxylic acids is 1. The largest absolute Gasteiger partial charge is 0.462 e. The van der Waals surface area contributed by atoms with Gasteiger partial charge in [0.1, 0.15) is 6.10 Å². The van der Waals surface area contributed by atoms with Crippen LogP contribution in [0.25, 0.3) is 0 Å². The first-order valence-electron chi connectivity index (χ1n) is 10.8. The van der Waals surface area contributed by atoms with Gasteiger partial charge >= 0.3 is 5.97 Å². The average molecular weight is 377 g/mol. The number of ether oxygens (including phenoxy) is 1. The molecule has 0 N–H and O–H groups in total. The Balaban J connectivity index is 1.58. The number of hydrogen-bond acceptors (Lipinski definition) is 2. The fourth-order valence-corrected chi connectivity index (χ4v) is 5.30. The monoisotopic (exact) mass is 376 g/mol. The summed E-state index contributed by atoms with van der Waals surface area (Å²) in [4.78, 5) is 13.3. The van der Waals surface area contributed by atoms with Crippen LogP contribution in [-0.4, -0.2) is 12.1 Å². The molecular formula is C26H32O2. The highest BCUT2D eigenvalue weighted by molar-refractivity contribution is 5.81. The molecule has 0 bridgehead atoms. The Morgan fingerprint density at radius 2 is 1.54 bits per heavy atom. The molecule has 2 fully saturated rings. The highest BCUT2D eigenvalue weighted by Gasteiger charge is 2.61. The van der Waals surface area contributed by atoms with Gasteiger partial charge in [0.15, 0.2) is 0 Å². The van der Waals surface area contributed by atoms with E-state index in [1.165, 1.54) is 24.0 Å². The molecule has 0 aromatic heterocycles. The van der Waals surface area contributed by atoms with E-state index in [9.17, 15) is 4.79 Å². The molecule has 28 heavy (non-hydrogen) atoms. The number of benzene rings is 2. The Morgan fingerprint density at radius 3 is 2.07 bits per heavy atom. The van der Waals surface area contributed by atoms with Crippen LogP contribution in [0.5, 0.6) is 0 Å². The van der Waals surface area contributed by atoms with Crippen LogP contribution in [0.4, 0.5) is 0 Å². The van der Waals surface area contributed by atoms with Crippen molar-refractivity contribution in [2.24, 2.45) is 23.7 Å². The Hall–Kier alpha value is -2.09. The van der Waals surface area contributed by atoms with Gasteiger partial charge in [-0.1, -0.05) is 87.9 Å². The highest BCUT2D eigenvalue weighted by atomic mass is 16.5. The number of hydrogen-bond donors (Lipinski definition) is 0. The van der Waals surface area contributed by atoms with Crippen LogP contribution in [0.1, 0.15) is 57.6 Å². The Labute approximate surface area is 169 Å². The maximum absolute atomic E-state index is 13.3. The molecule has 2 saturated carbocycles. The molecule has 2 heteroatoms. The zero-order chi connectivity index (χ0) is 19.7. The van der Waals surface area contributed by atoms with Crippen molar-refractivity contribution in [3.63, 3.8) is 0 Å². The van der Waals surface area contributed by atoms with Crippen molar-refractivity contribution in [2.45, 2.75) is 58.0 Å². The van der Waals surface area contributed by atoms with Crippen LogP contribution in [0.3, 0.4) is 0 Å². The lowest BCUT2D eigenvalue weighted by Crippen LogP contribution is -2.36. The summed E-state index contributed by atoms with van der Waals surface area (Å²) in [6.07, 6.45) is 4.34. The molecule has 4 rings (SSSR count). The Morgan fingerprint density at radius 1 is 0.964 bits per heavy atom. The number of rotatable bonds is 5. The quantitative estimate of drug-likeness (QED) is 0.599. The van der Waals surface area contributed by atoms with E-state index in [-0.39, 0.29) is 23.4 Å². The van der Waals surface area contributed by atoms with E-state index in [0.717, 1.165) is 12.8 Å². The SMILES string of the molecule is CC(C)[C@@H]1CC[C@@H](C)C[C@H]1OC(=O)[C@@H]1CC1(c1ccccc1)c1ccccc1. The molecule has 0 heterocycles. The third-order valence-electron chi connectivity index (χ3n) is 7.05. The van der Waals surface area contributed by atoms with Crippen molar-refractivity contribution in [1.82, 2.24) is 0 Å². The van der Waals surface area contributed by atoms with Crippen LogP contribution in [0.15, 0.2) is 60.7 Å². The minimum Gasteiger partial charge on any atom is -0.462 e. The summed E-state index contributed by atoms with van der Waals surface area (Å²) in [7, 11) is 0. The van der Waals surface area contributed by atoms with Crippen LogP contribution >= 0.6 is 0 Å². The van der Waals surface area contributed by atoms with Crippen LogP contribution in [0.2, 0.25) is 0 Å². The lowest BCUT2D eigenvalue weighted by molar-refractivity contribution is -0.158. The molecule has 148 valence electrons. The second-order valence-electron chi connectivity index (χ2n) is 9.26. The summed E-state index contributed by atoms with van der Waals surface area (Å²) in [5.41, 5.74) is 2.22. The van der Waals surface area contributed by atoms with Gasteiger partial charge in [-0.2, -0.15) is 0 Å². The highest BCUT2D eigenvalue weighted by Crippen LogP contribution is 2.59. The van der Waals surface area contributed by atoms with Gasteiger partial charge in [-0.25, -0.2) is 0 Å². The molecule has 4 atom stereocenters. The summed E-state index contributed by atoms with van der Waals surface area (Å²) in [6, 6.07) is 21.0. The predicted molar refractivity (Wildman–Crippen MR) is 113 cm³/mol. The van der Waals surface area contributed by atoms with Crippen molar-refractivity contribution in [1.29, 1.82) is 0 Å². The molecule has 2 aromatic rings. The van der Waals surface area contributed by atoms with Crippen molar-refractivity contribution < 1.29 is 9.53 Å². The first-order chi connectivity index (χ1) is 13.5. The second-order valence-corrected chi connectivity index (χ2v) is 9.26. The maximum atomic E-state index is 13.3. The molecule has 0 saturated heterocycles. The predicted octanol–water partition coefficient (Wildman–Crippen LogP) is 6.00. The molecule has 0 amide bonds. The summed E-state index contributed by atoms with van der Waals surface area (Å²) in [5, 5.41) is 0. The van der Waals surface area contributed by atoms with E-state index >= 15 is 0 Å². The Bertz CT molecular complexity index is 756. The number of esters is 1. The molecule has 2 aromatic carbocycles. The molecule has 0 spiro atoms. The summed E-state index contributed by atoms with van der Waals surface area (Å²) in [5.74, 6) is 1.60. The van der Waals surface area contributed by atoms with Crippen LogP contribution < -0.4 is 0 Å². The van der Waals surface area contributed by atoms with E-state index < -0.39 is 0 Å². The van der Waals surface area contributed by atoms with Gasteiger partial charge in [0.2, 0.25) is 0 Å². The smallest absolute Gasteiger partial charge is 0.310 e. The Kier molecular flexibility index (Phi) is 5.31. The minimum absolute atomic E-state index is 0.00236. The standard InChI is InChI=1S/C26H32O2/c1-18(2)22-15-14-19(3)16-24(22)28-25(27)23-17-26(23,20-10-6-4-7-11-20)21-12-8-5-9-13-21/h4-13,18-19,22-24H,14-17H2,1-3H3/t19-,22+,23+,24-/m1/s1. The zero-order valence-corrected chi connectivity index (χ0v) is 17.3. The molecular weight excluding hydrogens is 344 g/mol. The normalized spacial score (nSPS) is 28.7. The van der Waals surface area contributed by atoms with Gasteiger partial charge in [-0.05, 0) is 48.1 Å². The van der Waals surface area contributed by atoms with E-state index in [1.54, 1.807) is 0 Å². The minimum atomic E-state index is -0.229. The van der Waals surface area contributed by atoms with Gasteiger partial charge < -0.3 is 4.74 Å². The van der Waals surface area contributed by atoms with Gasteiger partial charge in [0, 0.05) is 5.41 Å². The lowest BCUT2D eigenvalue weighted by Gasteiger charge is -2.37.